The number of hydrogen-bond acceptors (Lipinski definition) is 3. The molecule has 1 saturated heterocycles. The Labute approximate surface area is 133 Å². The van der Waals surface area contributed by atoms with Crippen LogP contribution in [-0.4, -0.2) is 29.5 Å². The largest absolute Gasteiger partial charge is 0.299 e. The number of nitrogens with one attached hydrogen (secondary N) is 1. The number of hydrogen-bond donors (Lipinski definition) is 1. The molecule has 1 aliphatic rings. The van der Waals surface area contributed by atoms with Crippen LogP contribution in [-0.2, 0) is 16.2 Å². The molecule has 0 spiro atoms. The number of carbonyl (C=O) groups excluding carboxylic acids is 1. The Hall–Kier alpha value is -1.39. The van der Waals surface area contributed by atoms with Gasteiger partial charge in [-0.15, -0.1) is 0 Å². The van der Waals surface area contributed by atoms with E-state index in [1.165, 1.54) is 5.56 Å². The highest BCUT2D eigenvalue weighted by atomic mass is 16.7. The molecular weight excluding hydrogens is 276 g/mol. The molecule has 22 heavy (non-hydrogen) atoms. The number of carbonyl (C=O) groups is 1. The first-order chi connectivity index (χ1) is 10.3. The molecule has 2 rings (SSSR count). The van der Waals surface area contributed by atoms with E-state index in [9.17, 15) is 4.79 Å². The number of rotatable bonds is 4. The lowest BCUT2D eigenvalue weighted by Gasteiger charge is -2.38. The van der Waals surface area contributed by atoms with Crippen molar-refractivity contribution in [1.82, 2.24) is 10.4 Å². The minimum absolute atomic E-state index is 0.00165. The van der Waals surface area contributed by atoms with Crippen molar-refractivity contribution in [2.24, 2.45) is 5.41 Å². The summed E-state index contributed by atoms with van der Waals surface area (Å²) in [4.78, 5) is 20.2. The molecule has 4 heteroatoms. The smallest absolute Gasteiger partial charge is 0.249 e. The first-order valence-corrected chi connectivity index (χ1v) is 8.03. The zero-order valence-corrected chi connectivity index (χ0v) is 14.2. The van der Waals surface area contributed by atoms with Gasteiger partial charge >= 0.3 is 0 Å². The molecule has 1 fully saturated rings. The van der Waals surface area contributed by atoms with E-state index < -0.39 is 0 Å². The second-order valence-corrected chi connectivity index (χ2v) is 7.47. The molecule has 122 valence electrons. The van der Waals surface area contributed by atoms with Gasteiger partial charge in [-0.05, 0) is 52.3 Å². The summed E-state index contributed by atoms with van der Waals surface area (Å²) in [5, 5.41) is 0. The predicted molar refractivity (Wildman–Crippen MR) is 88.0 cm³/mol. The fourth-order valence-electron chi connectivity index (χ4n) is 2.60. The van der Waals surface area contributed by atoms with E-state index in [2.05, 4.69) is 34.6 Å². The van der Waals surface area contributed by atoms with E-state index in [1.54, 1.807) is 0 Å². The molecule has 0 aromatic heterocycles. The molecule has 4 nitrogen and oxygen atoms in total. The normalized spacial score (nSPS) is 18.9. The van der Waals surface area contributed by atoms with E-state index in [4.69, 9.17) is 4.84 Å². The molecule has 0 radical (unpaired) electrons. The zero-order valence-electron chi connectivity index (χ0n) is 14.2. The third-order valence-corrected chi connectivity index (χ3v) is 4.21. The molecule has 0 unspecified atom stereocenters. The fourth-order valence-corrected chi connectivity index (χ4v) is 2.60. The lowest BCUT2D eigenvalue weighted by Crippen LogP contribution is -2.48. The summed E-state index contributed by atoms with van der Waals surface area (Å²) in [6.45, 7) is 10.7. The van der Waals surface area contributed by atoms with Crippen LogP contribution in [0, 0.1) is 5.41 Å². The van der Waals surface area contributed by atoms with E-state index in [-0.39, 0.29) is 16.9 Å². The molecular formula is C18H28N2O2. The number of piperidine rings is 1. The van der Waals surface area contributed by atoms with Gasteiger partial charge in [-0.3, -0.25) is 14.5 Å². The maximum atomic E-state index is 12.4. The van der Waals surface area contributed by atoms with Crippen molar-refractivity contribution in [1.29, 1.82) is 0 Å². The summed E-state index contributed by atoms with van der Waals surface area (Å²) in [7, 11) is 0. The van der Waals surface area contributed by atoms with Gasteiger partial charge in [0, 0.05) is 6.54 Å². The van der Waals surface area contributed by atoms with Gasteiger partial charge in [-0.25, -0.2) is 5.48 Å². The highest BCUT2D eigenvalue weighted by Gasteiger charge is 2.37. The molecule has 1 N–H and O–H groups in total. The highest BCUT2D eigenvalue weighted by molar-refractivity contribution is 5.81. The Kier molecular flexibility index (Phi) is 5.24. The Morgan fingerprint density at radius 3 is 2.36 bits per heavy atom. The summed E-state index contributed by atoms with van der Waals surface area (Å²) in [5.74, 6) is 0.00165. The lowest BCUT2D eigenvalue weighted by molar-refractivity contribution is -0.157. The highest BCUT2D eigenvalue weighted by Crippen LogP contribution is 2.31. The standard InChI is InChI=1S/C18H28N2O2/c1-17(2,3)22-19-16(21)18(4)10-12-20(13-11-18)14-15-8-6-5-7-9-15/h5-9H,10-14H2,1-4H3,(H,19,21). The van der Waals surface area contributed by atoms with Crippen molar-refractivity contribution in [2.75, 3.05) is 13.1 Å². The summed E-state index contributed by atoms with van der Waals surface area (Å²) < 4.78 is 0. The van der Waals surface area contributed by atoms with Gasteiger partial charge in [0.05, 0.1) is 11.0 Å². The monoisotopic (exact) mass is 304 g/mol. The van der Waals surface area contributed by atoms with Crippen LogP contribution in [0.25, 0.3) is 0 Å². The van der Waals surface area contributed by atoms with Crippen LogP contribution in [0.4, 0.5) is 0 Å². The molecule has 1 aromatic rings. The predicted octanol–water partition coefficient (Wildman–Crippen LogP) is 3.14. The fraction of sp³-hybridized carbons (Fsp3) is 0.611. The average molecular weight is 304 g/mol. The first-order valence-electron chi connectivity index (χ1n) is 8.03. The van der Waals surface area contributed by atoms with Gasteiger partial charge in [-0.1, -0.05) is 37.3 Å². The molecule has 1 amide bonds. The summed E-state index contributed by atoms with van der Waals surface area (Å²) in [6.07, 6.45) is 1.72. The van der Waals surface area contributed by atoms with Crippen LogP contribution in [0.3, 0.4) is 0 Å². The van der Waals surface area contributed by atoms with E-state index >= 15 is 0 Å². The minimum Gasteiger partial charge on any atom is -0.299 e. The number of amides is 1. The van der Waals surface area contributed by atoms with Gasteiger partial charge in [0.25, 0.3) is 0 Å². The third kappa shape index (κ3) is 4.82. The molecule has 0 bridgehead atoms. The van der Waals surface area contributed by atoms with Gasteiger partial charge in [0.2, 0.25) is 5.91 Å². The zero-order chi connectivity index (χ0) is 16.2. The van der Waals surface area contributed by atoms with Gasteiger partial charge in [0.15, 0.2) is 0 Å². The van der Waals surface area contributed by atoms with Crippen molar-refractivity contribution in [3.63, 3.8) is 0 Å². The van der Waals surface area contributed by atoms with E-state index in [0.29, 0.717) is 0 Å². The van der Waals surface area contributed by atoms with Crippen molar-refractivity contribution < 1.29 is 9.63 Å². The van der Waals surface area contributed by atoms with Gasteiger partial charge in [-0.2, -0.15) is 0 Å². The molecule has 1 aromatic carbocycles. The SMILES string of the molecule is CC(C)(C)ONC(=O)C1(C)CCN(Cc2ccccc2)CC1. The molecule has 0 atom stereocenters. The summed E-state index contributed by atoms with van der Waals surface area (Å²) >= 11 is 0. The maximum absolute atomic E-state index is 12.4. The molecule has 1 heterocycles. The van der Waals surface area contributed by atoms with Gasteiger partial charge in [0.1, 0.15) is 0 Å². The number of hydroxylamine groups is 1. The van der Waals surface area contributed by atoms with Gasteiger partial charge < -0.3 is 0 Å². The summed E-state index contributed by atoms with van der Waals surface area (Å²) in [5.41, 5.74) is 3.27. The molecule has 0 saturated carbocycles. The van der Waals surface area contributed by atoms with Crippen LogP contribution >= 0.6 is 0 Å². The molecule has 0 aliphatic carbocycles. The second kappa shape index (κ2) is 6.80. The minimum atomic E-state index is -0.361. The Bertz CT molecular complexity index is 486. The van der Waals surface area contributed by atoms with E-state index in [1.807, 2.05) is 33.8 Å². The van der Waals surface area contributed by atoms with Crippen molar-refractivity contribution in [3.05, 3.63) is 35.9 Å². The van der Waals surface area contributed by atoms with Crippen molar-refractivity contribution in [2.45, 2.75) is 52.7 Å². The van der Waals surface area contributed by atoms with E-state index in [0.717, 1.165) is 32.5 Å². The number of benzene rings is 1. The van der Waals surface area contributed by atoms with Crippen LogP contribution < -0.4 is 5.48 Å². The lowest BCUT2D eigenvalue weighted by atomic mass is 9.79. The van der Waals surface area contributed by atoms with Crippen LogP contribution in [0.15, 0.2) is 30.3 Å². The maximum Gasteiger partial charge on any atom is 0.249 e. The number of likely N-dealkylation sites (tertiary alicyclic amines) is 1. The first kappa shape index (κ1) is 17.0. The summed E-state index contributed by atoms with van der Waals surface area (Å²) in [6, 6.07) is 10.5. The Balaban J connectivity index is 1.83. The topological polar surface area (TPSA) is 41.6 Å². The average Bonchev–Trinajstić information content (AvgIpc) is 2.47. The van der Waals surface area contributed by atoms with Crippen LogP contribution in [0.1, 0.15) is 46.1 Å². The van der Waals surface area contributed by atoms with Crippen molar-refractivity contribution in [3.8, 4) is 0 Å². The van der Waals surface area contributed by atoms with Crippen LogP contribution in [0.2, 0.25) is 0 Å². The Morgan fingerprint density at radius 2 is 1.82 bits per heavy atom. The molecule has 1 aliphatic heterocycles. The third-order valence-electron chi connectivity index (χ3n) is 4.21. The quantitative estimate of drug-likeness (QED) is 0.869. The second-order valence-electron chi connectivity index (χ2n) is 7.47. The van der Waals surface area contributed by atoms with Crippen molar-refractivity contribution >= 4 is 5.91 Å². The van der Waals surface area contributed by atoms with Crippen LogP contribution in [0.5, 0.6) is 0 Å². The number of nitrogens with zero attached hydrogens (tertiary/aromatic N) is 1. The Morgan fingerprint density at radius 1 is 1.23 bits per heavy atom.